The Balaban J connectivity index is 2.54. The summed E-state index contributed by atoms with van der Waals surface area (Å²) in [5.41, 5.74) is 14.0. The van der Waals surface area contributed by atoms with E-state index in [1.807, 2.05) is 13.8 Å². The highest BCUT2D eigenvalue weighted by Crippen LogP contribution is 2.30. The molecule has 0 spiro atoms. The summed E-state index contributed by atoms with van der Waals surface area (Å²) in [7, 11) is 0. The van der Waals surface area contributed by atoms with Crippen LogP contribution in [0.1, 0.15) is 74.9 Å². The van der Waals surface area contributed by atoms with Crippen molar-refractivity contribution in [3.05, 3.63) is 63.7 Å². The molecule has 1 nitrogen and oxygen atoms in total. The highest BCUT2D eigenvalue weighted by Gasteiger charge is 2.20. The molecule has 25 heavy (non-hydrogen) atoms. The summed E-state index contributed by atoms with van der Waals surface area (Å²) in [6.45, 7) is 17.6. The van der Waals surface area contributed by atoms with Gasteiger partial charge in [0.25, 0.3) is 0 Å². The Labute approximate surface area is 153 Å². The minimum Gasteiger partial charge on any atom is -0.398 e. The van der Waals surface area contributed by atoms with Crippen molar-refractivity contribution in [3.63, 3.8) is 0 Å². The van der Waals surface area contributed by atoms with Gasteiger partial charge in [-0.1, -0.05) is 59.4 Å². The van der Waals surface area contributed by atoms with Gasteiger partial charge in [-0.15, -0.1) is 0 Å². The SMILES string of the molecule is Cc1cc(C#Cc2cc(C(C)(C)C)cc(C(C)(C)C)c2)cc(C)c1N. The summed E-state index contributed by atoms with van der Waals surface area (Å²) in [5, 5.41) is 0. The fourth-order valence-electron chi connectivity index (χ4n) is 2.76. The zero-order valence-electron chi connectivity index (χ0n) is 17.0. The molecule has 1 heteroatoms. The monoisotopic (exact) mass is 333 g/mol. The first kappa shape index (κ1) is 19.1. The average Bonchev–Trinajstić information content (AvgIpc) is 2.48. The second-order valence-electron chi connectivity index (χ2n) is 9.07. The Kier molecular flexibility index (Phi) is 5.05. The maximum absolute atomic E-state index is 6.05. The number of benzene rings is 2. The van der Waals surface area contributed by atoms with Gasteiger partial charge in [-0.3, -0.25) is 0 Å². The molecule has 2 N–H and O–H groups in total. The quantitative estimate of drug-likeness (QED) is 0.473. The van der Waals surface area contributed by atoms with Crippen LogP contribution in [0.2, 0.25) is 0 Å². The predicted molar refractivity (Wildman–Crippen MR) is 110 cm³/mol. The van der Waals surface area contributed by atoms with Gasteiger partial charge < -0.3 is 5.73 Å². The van der Waals surface area contributed by atoms with Gasteiger partial charge in [0.05, 0.1) is 0 Å². The second-order valence-corrected chi connectivity index (χ2v) is 9.07. The van der Waals surface area contributed by atoms with Crippen LogP contribution >= 0.6 is 0 Å². The molecule has 0 heterocycles. The van der Waals surface area contributed by atoms with Crippen molar-refractivity contribution in [1.29, 1.82) is 0 Å². The van der Waals surface area contributed by atoms with Gasteiger partial charge in [0.15, 0.2) is 0 Å². The lowest BCUT2D eigenvalue weighted by Crippen LogP contribution is -2.16. The number of hydrogen-bond donors (Lipinski definition) is 1. The number of nitrogens with two attached hydrogens (primary N) is 1. The van der Waals surface area contributed by atoms with Crippen LogP contribution in [0.4, 0.5) is 5.69 Å². The van der Waals surface area contributed by atoms with Crippen molar-refractivity contribution in [2.75, 3.05) is 5.73 Å². The van der Waals surface area contributed by atoms with Crippen LogP contribution in [-0.4, -0.2) is 0 Å². The lowest BCUT2D eigenvalue weighted by atomic mass is 9.79. The molecule has 2 aromatic carbocycles. The molecule has 0 unspecified atom stereocenters. The normalized spacial score (nSPS) is 11.8. The molecule has 0 radical (unpaired) electrons. The predicted octanol–water partition coefficient (Wildman–Crippen LogP) is 5.88. The molecule has 2 rings (SSSR count). The summed E-state index contributed by atoms with van der Waals surface area (Å²) in [4.78, 5) is 0. The molecule has 0 aliphatic heterocycles. The lowest BCUT2D eigenvalue weighted by Gasteiger charge is -2.25. The van der Waals surface area contributed by atoms with Crippen LogP contribution in [0.15, 0.2) is 30.3 Å². The highest BCUT2D eigenvalue weighted by atomic mass is 14.6. The number of rotatable bonds is 0. The molecule has 132 valence electrons. The third-order valence-corrected chi connectivity index (χ3v) is 4.61. The molecule has 0 saturated carbocycles. The number of aryl methyl sites for hydroxylation is 2. The minimum absolute atomic E-state index is 0.103. The molecule has 0 amide bonds. The van der Waals surface area contributed by atoms with E-state index in [9.17, 15) is 0 Å². The number of hydrogen-bond acceptors (Lipinski definition) is 1. The average molecular weight is 334 g/mol. The third-order valence-electron chi connectivity index (χ3n) is 4.61. The number of nitrogen functional groups attached to an aromatic ring is 1. The smallest absolute Gasteiger partial charge is 0.0374 e. The van der Waals surface area contributed by atoms with E-state index in [1.54, 1.807) is 0 Å². The summed E-state index contributed by atoms with van der Waals surface area (Å²) in [6, 6.07) is 10.9. The molecule has 0 aromatic heterocycles. The van der Waals surface area contributed by atoms with Gasteiger partial charge in [-0.25, -0.2) is 0 Å². The summed E-state index contributed by atoms with van der Waals surface area (Å²) in [6.07, 6.45) is 0. The van der Waals surface area contributed by atoms with Crippen LogP contribution in [0, 0.1) is 25.7 Å². The maximum atomic E-state index is 6.05. The van der Waals surface area contributed by atoms with Gasteiger partial charge in [-0.2, -0.15) is 0 Å². The largest absolute Gasteiger partial charge is 0.398 e. The molecule has 0 bridgehead atoms. The van der Waals surface area contributed by atoms with Gasteiger partial charge in [0.1, 0.15) is 0 Å². The summed E-state index contributed by atoms with van der Waals surface area (Å²) >= 11 is 0. The van der Waals surface area contributed by atoms with E-state index in [0.29, 0.717) is 0 Å². The fourth-order valence-corrected chi connectivity index (χ4v) is 2.76. The standard InChI is InChI=1S/C24H31N/c1-16-11-18(12-17(2)22(16)25)9-10-19-13-20(23(3,4)5)15-21(14-19)24(6,7)8/h11-15H,25H2,1-8H3. The van der Waals surface area contributed by atoms with Crippen LogP contribution in [-0.2, 0) is 10.8 Å². The van der Waals surface area contributed by atoms with Crippen LogP contribution in [0.25, 0.3) is 0 Å². The van der Waals surface area contributed by atoms with Gasteiger partial charge in [0, 0.05) is 16.8 Å². The first-order valence-electron chi connectivity index (χ1n) is 8.93. The number of anilines is 1. The summed E-state index contributed by atoms with van der Waals surface area (Å²) < 4.78 is 0. The van der Waals surface area contributed by atoms with Gasteiger partial charge >= 0.3 is 0 Å². The molecule has 0 saturated heterocycles. The molecule has 0 aliphatic carbocycles. The van der Waals surface area contributed by atoms with E-state index in [2.05, 4.69) is 83.7 Å². The van der Waals surface area contributed by atoms with E-state index in [1.165, 1.54) is 11.1 Å². The van der Waals surface area contributed by atoms with Crippen molar-refractivity contribution >= 4 is 5.69 Å². The van der Waals surface area contributed by atoms with E-state index >= 15 is 0 Å². The zero-order valence-corrected chi connectivity index (χ0v) is 17.0. The van der Waals surface area contributed by atoms with Crippen molar-refractivity contribution in [2.45, 2.75) is 66.2 Å². The first-order valence-corrected chi connectivity index (χ1v) is 8.93. The van der Waals surface area contributed by atoms with E-state index < -0.39 is 0 Å². The zero-order chi connectivity index (χ0) is 19.0. The molecule has 0 fully saturated rings. The summed E-state index contributed by atoms with van der Waals surface area (Å²) in [5.74, 6) is 6.69. The fraction of sp³-hybridized carbons (Fsp3) is 0.417. The minimum atomic E-state index is 0.103. The molecule has 0 atom stereocenters. The van der Waals surface area contributed by atoms with Crippen LogP contribution in [0.5, 0.6) is 0 Å². The van der Waals surface area contributed by atoms with E-state index in [0.717, 1.165) is 27.9 Å². The van der Waals surface area contributed by atoms with Crippen molar-refractivity contribution in [1.82, 2.24) is 0 Å². The van der Waals surface area contributed by atoms with Crippen molar-refractivity contribution in [3.8, 4) is 11.8 Å². The lowest BCUT2D eigenvalue weighted by molar-refractivity contribution is 0.568. The van der Waals surface area contributed by atoms with Crippen LogP contribution in [0.3, 0.4) is 0 Å². The Bertz CT molecular complexity index is 791. The Morgan fingerprint density at radius 1 is 0.640 bits per heavy atom. The Hall–Kier alpha value is -2.20. The third kappa shape index (κ3) is 4.67. The molecular formula is C24H31N. The van der Waals surface area contributed by atoms with Crippen molar-refractivity contribution in [2.24, 2.45) is 0 Å². The topological polar surface area (TPSA) is 26.0 Å². The Morgan fingerprint density at radius 2 is 1.00 bits per heavy atom. The van der Waals surface area contributed by atoms with Crippen LogP contribution < -0.4 is 5.73 Å². The second kappa shape index (κ2) is 6.60. The van der Waals surface area contributed by atoms with Crippen molar-refractivity contribution < 1.29 is 0 Å². The van der Waals surface area contributed by atoms with Gasteiger partial charge in [0.2, 0.25) is 0 Å². The maximum Gasteiger partial charge on any atom is 0.0374 e. The van der Waals surface area contributed by atoms with E-state index in [-0.39, 0.29) is 10.8 Å². The first-order chi connectivity index (χ1) is 11.4. The Morgan fingerprint density at radius 3 is 1.36 bits per heavy atom. The highest BCUT2D eigenvalue weighted by molar-refractivity contribution is 5.58. The van der Waals surface area contributed by atoms with Gasteiger partial charge in [-0.05, 0) is 71.2 Å². The molecule has 0 aliphatic rings. The van der Waals surface area contributed by atoms with E-state index in [4.69, 9.17) is 5.73 Å². The molecule has 2 aromatic rings. The molecular weight excluding hydrogens is 302 g/mol.